The van der Waals surface area contributed by atoms with Crippen LogP contribution in [0.25, 0.3) is 10.8 Å². The predicted molar refractivity (Wildman–Crippen MR) is 60.5 cm³/mol. The summed E-state index contributed by atoms with van der Waals surface area (Å²) in [5, 5.41) is 2.04. The second kappa shape index (κ2) is 4.21. The molecule has 2 aromatic carbocycles. The largest absolute Gasteiger partial charge is 0.293 e. The van der Waals surface area contributed by atoms with E-state index < -0.39 is 0 Å². The predicted octanol–water partition coefficient (Wildman–Crippen LogP) is 1.49. The van der Waals surface area contributed by atoms with Crippen LogP contribution in [0, 0.1) is 0 Å². The maximum Gasteiger partial charge on any atom is 0.178 e. The second-order valence-corrected chi connectivity index (χ2v) is 3.33. The summed E-state index contributed by atoms with van der Waals surface area (Å²) in [6.45, 7) is 0.161. The Morgan fingerprint density at radius 2 is 1.87 bits per heavy atom. The molecule has 15 heavy (non-hydrogen) atoms. The molecule has 0 bridgehead atoms. The molecule has 3 heteroatoms. The molecule has 3 nitrogen and oxygen atoms in total. The van der Waals surface area contributed by atoms with Gasteiger partial charge in [0.2, 0.25) is 0 Å². The van der Waals surface area contributed by atoms with Crippen molar-refractivity contribution >= 4 is 16.6 Å². The average molecular weight is 200 g/mol. The summed E-state index contributed by atoms with van der Waals surface area (Å²) in [5.41, 5.74) is 3.10. The van der Waals surface area contributed by atoms with Crippen molar-refractivity contribution in [2.24, 2.45) is 5.84 Å². The van der Waals surface area contributed by atoms with Gasteiger partial charge in [0, 0.05) is 5.56 Å². The van der Waals surface area contributed by atoms with Crippen molar-refractivity contribution in [3.63, 3.8) is 0 Å². The Hall–Kier alpha value is -1.71. The van der Waals surface area contributed by atoms with E-state index >= 15 is 0 Å². The molecule has 0 amide bonds. The van der Waals surface area contributed by atoms with Gasteiger partial charge in [-0.3, -0.25) is 16.1 Å². The molecule has 0 saturated carbocycles. The van der Waals surface area contributed by atoms with Crippen molar-refractivity contribution in [2.45, 2.75) is 0 Å². The number of nitrogens with one attached hydrogen (secondary N) is 1. The summed E-state index contributed by atoms with van der Waals surface area (Å²) in [7, 11) is 0. The number of rotatable bonds is 3. The van der Waals surface area contributed by atoms with Crippen molar-refractivity contribution < 1.29 is 4.79 Å². The lowest BCUT2D eigenvalue weighted by Gasteiger charge is -2.04. The van der Waals surface area contributed by atoms with Crippen LogP contribution in [0.4, 0.5) is 0 Å². The molecule has 0 radical (unpaired) electrons. The highest BCUT2D eigenvalue weighted by Crippen LogP contribution is 2.18. The van der Waals surface area contributed by atoms with Crippen molar-refractivity contribution in [1.29, 1.82) is 0 Å². The SMILES string of the molecule is NNCC(=O)c1cccc2ccccc12. The lowest BCUT2D eigenvalue weighted by atomic mass is 10.0. The maximum absolute atomic E-state index is 11.7. The zero-order valence-corrected chi connectivity index (χ0v) is 8.23. The van der Waals surface area contributed by atoms with Gasteiger partial charge in [-0.25, -0.2) is 0 Å². The Labute approximate surface area is 87.9 Å². The monoisotopic (exact) mass is 200 g/mol. The van der Waals surface area contributed by atoms with Gasteiger partial charge in [0.05, 0.1) is 6.54 Å². The van der Waals surface area contributed by atoms with E-state index in [1.807, 2.05) is 42.5 Å². The zero-order valence-electron chi connectivity index (χ0n) is 8.23. The Bertz CT molecular complexity index is 488. The zero-order chi connectivity index (χ0) is 10.7. The van der Waals surface area contributed by atoms with E-state index in [1.54, 1.807) is 0 Å². The number of hydrazine groups is 1. The molecular formula is C12H12N2O. The molecule has 0 saturated heterocycles. The molecule has 0 unspecified atom stereocenters. The Kier molecular flexibility index (Phi) is 2.76. The van der Waals surface area contributed by atoms with Crippen LogP contribution in [0.2, 0.25) is 0 Å². The van der Waals surface area contributed by atoms with Crippen LogP contribution < -0.4 is 11.3 Å². The summed E-state index contributed by atoms with van der Waals surface area (Å²) in [5.74, 6) is 5.15. The molecule has 2 aromatic rings. The highest BCUT2D eigenvalue weighted by atomic mass is 16.1. The summed E-state index contributed by atoms with van der Waals surface area (Å²) in [6, 6.07) is 13.5. The van der Waals surface area contributed by atoms with E-state index in [-0.39, 0.29) is 12.3 Å². The minimum atomic E-state index is 0.00861. The van der Waals surface area contributed by atoms with Gasteiger partial charge in [-0.1, -0.05) is 42.5 Å². The molecule has 0 atom stereocenters. The third kappa shape index (κ3) is 1.88. The van der Waals surface area contributed by atoms with Crippen LogP contribution in [0.15, 0.2) is 42.5 Å². The summed E-state index contributed by atoms with van der Waals surface area (Å²) < 4.78 is 0. The number of benzene rings is 2. The number of hydrogen-bond donors (Lipinski definition) is 2. The molecule has 2 rings (SSSR count). The minimum Gasteiger partial charge on any atom is -0.293 e. The third-order valence-electron chi connectivity index (χ3n) is 2.35. The van der Waals surface area contributed by atoms with Crippen LogP contribution in [-0.2, 0) is 0 Å². The number of carbonyl (C=O) groups is 1. The normalized spacial score (nSPS) is 10.5. The molecule has 0 fully saturated rings. The van der Waals surface area contributed by atoms with Gasteiger partial charge in [-0.15, -0.1) is 0 Å². The van der Waals surface area contributed by atoms with E-state index in [1.165, 1.54) is 0 Å². The maximum atomic E-state index is 11.7. The van der Waals surface area contributed by atoms with E-state index in [0.717, 1.165) is 10.8 Å². The molecule has 0 aliphatic heterocycles. The fraction of sp³-hybridized carbons (Fsp3) is 0.0833. The molecule has 76 valence electrons. The molecule has 0 spiro atoms. The average Bonchev–Trinajstić information content (AvgIpc) is 2.28. The lowest BCUT2D eigenvalue weighted by molar-refractivity contribution is 0.0993. The lowest BCUT2D eigenvalue weighted by Crippen LogP contribution is -2.29. The Morgan fingerprint density at radius 1 is 1.13 bits per heavy atom. The van der Waals surface area contributed by atoms with E-state index in [9.17, 15) is 4.79 Å². The number of hydrogen-bond acceptors (Lipinski definition) is 3. The summed E-state index contributed by atoms with van der Waals surface area (Å²) in [6.07, 6.45) is 0. The Balaban J connectivity index is 2.56. The molecule has 0 aliphatic rings. The van der Waals surface area contributed by atoms with Crippen LogP contribution in [0.5, 0.6) is 0 Å². The first-order valence-corrected chi connectivity index (χ1v) is 4.77. The van der Waals surface area contributed by atoms with Gasteiger partial charge >= 0.3 is 0 Å². The van der Waals surface area contributed by atoms with Crippen LogP contribution in [0.1, 0.15) is 10.4 Å². The van der Waals surface area contributed by atoms with Gasteiger partial charge in [0.15, 0.2) is 5.78 Å². The number of Topliss-reactive ketones (excluding diaryl/α,β-unsaturated/α-hetero) is 1. The number of nitrogens with two attached hydrogens (primary N) is 1. The van der Waals surface area contributed by atoms with Crippen LogP contribution in [0.3, 0.4) is 0 Å². The first-order valence-electron chi connectivity index (χ1n) is 4.77. The molecule has 0 aromatic heterocycles. The van der Waals surface area contributed by atoms with Gasteiger partial charge < -0.3 is 0 Å². The molecule has 3 N–H and O–H groups in total. The minimum absolute atomic E-state index is 0.00861. The van der Waals surface area contributed by atoms with E-state index in [2.05, 4.69) is 5.43 Å². The number of ketones is 1. The van der Waals surface area contributed by atoms with Gasteiger partial charge in [0.25, 0.3) is 0 Å². The van der Waals surface area contributed by atoms with Crippen molar-refractivity contribution in [3.05, 3.63) is 48.0 Å². The van der Waals surface area contributed by atoms with Crippen molar-refractivity contribution in [3.8, 4) is 0 Å². The molecule has 0 aliphatic carbocycles. The summed E-state index contributed by atoms with van der Waals surface area (Å²) in [4.78, 5) is 11.7. The number of carbonyl (C=O) groups excluding carboxylic acids is 1. The highest BCUT2D eigenvalue weighted by molar-refractivity contribution is 6.08. The van der Waals surface area contributed by atoms with Crippen molar-refractivity contribution in [2.75, 3.05) is 6.54 Å². The fourth-order valence-corrected chi connectivity index (χ4v) is 1.66. The van der Waals surface area contributed by atoms with Gasteiger partial charge in [-0.2, -0.15) is 0 Å². The molecule has 0 heterocycles. The highest BCUT2D eigenvalue weighted by Gasteiger charge is 2.07. The van der Waals surface area contributed by atoms with Gasteiger partial charge in [-0.05, 0) is 10.8 Å². The van der Waals surface area contributed by atoms with E-state index in [0.29, 0.717) is 5.56 Å². The van der Waals surface area contributed by atoms with E-state index in [4.69, 9.17) is 5.84 Å². The van der Waals surface area contributed by atoms with Crippen molar-refractivity contribution in [1.82, 2.24) is 5.43 Å². The third-order valence-corrected chi connectivity index (χ3v) is 2.35. The molecular weight excluding hydrogens is 188 g/mol. The number of fused-ring (bicyclic) bond motifs is 1. The topological polar surface area (TPSA) is 55.1 Å². The first-order chi connectivity index (χ1) is 7.33. The first kappa shape index (κ1) is 9.83. The standard InChI is InChI=1S/C12H12N2O/c13-14-8-12(15)11-7-3-5-9-4-1-2-6-10(9)11/h1-7,14H,8,13H2. The smallest absolute Gasteiger partial charge is 0.178 e. The Morgan fingerprint density at radius 3 is 2.67 bits per heavy atom. The summed E-state index contributed by atoms with van der Waals surface area (Å²) >= 11 is 0. The van der Waals surface area contributed by atoms with Crippen LogP contribution in [-0.4, -0.2) is 12.3 Å². The quantitative estimate of drug-likeness (QED) is 0.448. The fourth-order valence-electron chi connectivity index (χ4n) is 1.66. The van der Waals surface area contributed by atoms with Crippen LogP contribution >= 0.6 is 0 Å². The second-order valence-electron chi connectivity index (χ2n) is 3.33. The van der Waals surface area contributed by atoms with Gasteiger partial charge in [0.1, 0.15) is 0 Å².